The second-order valence-corrected chi connectivity index (χ2v) is 7.36. The lowest BCUT2D eigenvalue weighted by atomic mass is 10.1. The molecular formula is C22H22F3N3O. The van der Waals surface area contributed by atoms with Crippen LogP contribution in [0.3, 0.4) is 0 Å². The van der Waals surface area contributed by atoms with E-state index in [1.807, 2.05) is 37.3 Å². The van der Waals surface area contributed by atoms with E-state index in [0.29, 0.717) is 18.2 Å². The van der Waals surface area contributed by atoms with Crippen LogP contribution in [0.1, 0.15) is 42.5 Å². The van der Waals surface area contributed by atoms with Crippen molar-refractivity contribution < 1.29 is 18.0 Å². The molecule has 1 fully saturated rings. The van der Waals surface area contributed by atoms with Crippen LogP contribution in [0.4, 0.5) is 18.9 Å². The highest BCUT2D eigenvalue weighted by atomic mass is 19.4. The van der Waals surface area contributed by atoms with Crippen LogP contribution in [0.5, 0.6) is 0 Å². The molecule has 2 aromatic carbocycles. The number of carbonyl (C=O) groups excluding carboxylic acids is 1. The number of nitrogens with zero attached hydrogens (tertiary/aromatic N) is 2. The first-order chi connectivity index (χ1) is 13.8. The standard InChI is InChI=1S/C22H22F3N3O/c1-15(17-5-3-2-4-6-17)27-21(29)14-28(13-16-7-8-16)19-10-9-18(12-26)20(11-19)22(23,24)25/h2-6,9-11,15-16H,7-8,13-14H2,1H3,(H,27,29)/t15-/m0/s1. The van der Waals surface area contributed by atoms with Crippen LogP contribution in [0.15, 0.2) is 48.5 Å². The van der Waals surface area contributed by atoms with Gasteiger partial charge < -0.3 is 10.2 Å². The Morgan fingerprint density at radius 2 is 1.93 bits per heavy atom. The zero-order valence-electron chi connectivity index (χ0n) is 16.0. The van der Waals surface area contributed by atoms with Crippen molar-refractivity contribution in [3.63, 3.8) is 0 Å². The van der Waals surface area contributed by atoms with Gasteiger partial charge in [-0.1, -0.05) is 30.3 Å². The van der Waals surface area contributed by atoms with Gasteiger partial charge in [-0.25, -0.2) is 0 Å². The van der Waals surface area contributed by atoms with E-state index in [-0.39, 0.29) is 18.5 Å². The molecule has 1 amide bonds. The molecule has 2 aromatic rings. The first-order valence-electron chi connectivity index (χ1n) is 9.48. The Kier molecular flexibility index (Phi) is 6.12. The molecule has 0 bridgehead atoms. The molecule has 7 heteroatoms. The van der Waals surface area contributed by atoms with Crippen molar-refractivity contribution in [2.75, 3.05) is 18.0 Å². The number of alkyl halides is 3. The van der Waals surface area contributed by atoms with Crippen LogP contribution < -0.4 is 10.2 Å². The lowest BCUT2D eigenvalue weighted by molar-refractivity contribution is -0.137. The quantitative estimate of drug-likeness (QED) is 0.734. The second kappa shape index (κ2) is 8.56. The maximum atomic E-state index is 13.3. The number of nitriles is 1. The van der Waals surface area contributed by atoms with Crippen LogP contribution in [0, 0.1) is 17.2 Å². The summed E-state index contributed by atoms with van der Waals surface area (Å²) in [5.41, 5.74) is -0.149. The van der Waals surface area contributed by atoms with Gasteiger partial charge in [-0.05, 0) is 49.4 Å². The van der Waals surface area contributed by atoms with Gasteiger partial charge in [0.05, 0.1) is 29.8 Å². The van der Waals surface area contributed by atoms with Gasteiger partial charge in [0.15, 0.2) is 0 Å². The number of halogens is 3. The fourth-order valence-electron chi connectivity index (χ4n) is 3.22. The summed E-state index contributed by atoms with van der Waals surface area (Å²) in [5, 5.41) is 11.9. The Bertz CT molecular complexity index is 902. The minimum Gasteiger partial charge on any atom is -0.362 e. The average molecular weight is 401 g/mol. The Morgan fingerprint density at radius 1 is 1.24 bits per heavy atom. The van der Waals surface area contributed by atoms with Crippen LogP contribution in [0.25, 0.3) is 0 Å². The van der Waals surface area contributed by atoms with Crippen molar-refractivity contribution in [2.45, 2.75) is 32.0 Å². The number of anilines is 1. The first-order valence-corrected chi connectivity index (χ1v) is 9.48. The van der Waals surface area contributed by atoms with E-state index in [0.717, 1.165) is 24.5 Å². The molecule has 1 aliphatic rings. The molecule has 3 rings (SSSR count). The van der Waals surface area contributed by atoms with Crippen molar-refractivity contribution in [1.29, 1.82) is 5.26 Å². The molecule has 0 heterocycles. The summed E-state index contributed by atoms with van der Waals surface area (Å²) in [5.74, 6) is 0.110. The fourth-order valence-corrected chi connectivity index (χ4v) is 3.22. The molecular weight excluding hydrogens is 379 g/mol. The number of carbonyl (C=O) groups is 1. The van der Waals surface area contributed by atoms with E-state index in [9.17, 15) is 18.0 Å². The topological polar surface area (TPSA) is 56.1 Å². The van der Waals surface area contributed by atoms with E-state index in [4.69, 9.17) is 5.26 Å². The number of hydrogen-bond acceptors (Lipinski definition) is 3. The van der Waals surface area contributed by atoms with Gasteiger partial charge in [-0.15, -0.1) is 0 Å². The van der Waals surface area contributed by atoms with E-state index < -0.39 is 17.3 Å². The van der Waals surface area contributed by atoms with Crippen molar-refractivity contribution in [1.82, 2.24) is 5.32 Å². The van der Waals surface area contributed by atoms with Crippen LogP contribution in [-0.4, -0.2) is 19.0 Å². The summed E-state index contributed by atoms with van der Waals surface area (Å²) in [4.78, 5) is 14.3. The molecule has 4 nitrogen and oxygen atoms in total. The van der Waals surface area contributed by atoms with E-state index in [1.165, 1.54) is 12.1 Å². The third kappa shape index (κ3) is 5.50. The van der Waals surface area contributed by atoms with Gasteiger partial charge in [0, 0.05) is 12.2 Å². The molecule has 1 N–H and O–H groups in total. The molecule has 0 aliphatic heterocycles. The van der Waals surface area contributed by atoms with Gasteiger partial charge >= 0.3 is 6.18 Å². The summed E-state index contributed by atoms with van der Waals surface area (Å²) >= 11 is 0. The summed E-state index contributed by atoms with van der Waals surface area (Å²) in [6.45, 7) is 2.33. The molecule has 0 unspecified atom stereocenters. The lowest BCUT2D eigenvalue weighted by Gasteiger charge is -2.26. The highest BCUT2D eigenvalue weighted by molar-refractivity contribution is 5.82. The highest BCUT2D eigenvalue weighted by Crippen LogP contribution is 2.36. The smallest absolute Gasteiger partial charge is 0.362 e. The van der Waals surface area contributed by atoms with Crippen molar-refractivity contribution in [3.05, 3.63) is 65.2 Å². The zero-order valence-corrected chi connectivity index (χ0v) is 16.0. The summed E-state index contributed by atoms with van der Waals surface area (Å²) in [7, 11) is 0. The fraction of sp³-hybridized carbons (Fsp3) is 0.364. The first kappa shape index (κ1) is 20.7. The normalized spacial score (nSPS) is 14.7. The third-order valence-electron chi connectivity index (χ3n) is 4.98. The van der Waals surface area contributed by atoms with E-state index in [2.05, 4.69) is 5.32 Å². The van der Waals surface area contributed by atoms with Gasteiger partial charge in [0.2, 0.25) is 5.91 Å². The van der Waals surface area contributed by atoms with E-state index in [1.54, 1.807) is 11.0 Å². The van der Waals surface area contributed by atoms with Crippen LogP contribution in [0.2, 0.25) is 0 Å². The third-order valence-corrected chi connectivity index (χ3v) is 4.98. The van der Waals surface area contributed by atoms with Gasteiger partial charge in [-0.3, -0.25) is 4.79 Å². The Morgan fingerprint density at radius 3 is 2.52 bits per heavy atom. The summed E-state index contributed by atoms with van der Waals surface area (Å²) in [6, 6.07) is 14.5. The van der Waals surface area contributed by atoms with Gasteiger partial charge in [-0.2, -0.15) is 18.4 Å². The van der Waals surface area contributed by atoms with Crippen LogP contribution >= 0.6 is 0 Å². The Labute approximate surface area is 167 Å². The number of nitrogens with one attached hydrogen (secondary N) is 1. The molecule has 0 spiro atoms. The molecule has 1 atom stereocenters. The Balaban J connectivity index is 1.78. The SMILES string of the molecule is C[C@H](NC(=O)CN(CC1CC1)c1ccc(C#N)c(C(F)(F)F)c1)c1ccccc1. The predicted octanol–water partition coefficient (Wildman–Crippen LogP) is 4.67. The predicted molar refractivity (Wildman–Crippen MR) is 104 cm³/mol. The lowest BCUT2D eigenvalue weighted by Crippen LogP contribution is -2.39. The largest absolute Gasteiger partial charge is 0.417 e. The van der Waals surface area contributed by atoms with Crippen LogP contribution in [-0.2, 0) is 11.0 Å². The maximum absolute atomic E-state index is 13.3. The molecule has 1 saturated carbocycles. The summed E-state index contributed by atoms with van der Waals surface area (Å²) in [6.07, 6.45) is -2.63. The molecule has 152 valence electrons. The molecule has 0 saturated heterocycles. The number of benzene rings is 2. The molecule has 0 aromatic heterocycles. The van der Waals surface area contributed by atoms with Gasteiger partial charge in [0.25, 0.3) is 0 Å². The maximum Gasteiger partial charge on any atom is 0.417 e. The average Bonchev–Trinajstić information content (AvgIpc) is 3.51. The monoisotopic (exact) mass is 401 g/mol. The summed E-state index contributed by atoms with van der Waals surface area (Å²) < 4.78 is 40.0. The van der Waals surface area contributed by atoms with E-state index >= 15 is 0 Å². The van der Waals surface area contributed by atoms with Crippen molar-refractivity contribution >= 4 is 11.6 Å². The van der Waals surface area contributed by atoms with Gasteiger partial charge in [0.1, 0.15) is 0 Å². The minimum atomic E-state index is -4.63. The highest BCUT2D eigenvalue weighted by Gasteiger charge is 2.35. The zero-order chi connectivity index (χ0) is 21.0. The van der Waals surface area contributed by atoms with Crippen molar-refractivity contribution in [3.8, 4) is 6.07 Å². The number of hydrogen-bond donors (Lipinski definition) is 1. The number of amides is 1. The minimum absolute atomic E-state index is 0.0448. The van der Waals surface area contributed by atoms with Crippen molar-refractivity contribution in [2.24, 2.45) is 5.92 Å². The number of rotatable bonds is 7. The Hall–Kier alpha value is -3.01. The second-order valence-electron chi connectivity index (χ2n) is 7.36. The molecule has 29 heavy (non-hydrogen) atoms. The molecule has 1 aliphatic carbocycles. The molecule has 0 radical (unpaired) electrons.